The van der Waals surface area contributed by atoms with Gasteiger partial charge in [-0.1, -0.05) is 19.3 Å². The van der Waals surface area contributed by atoms with Gasteiger partial charge in [0.2, 0.25) is 5.91 Å². The standard InChI is InChI=1S/C20H27F2N3O2/c21-17-7-6-15(14-18(17)22)20(27)25(16-4-2-1-3-5-16)11-8-19(26)24-12-9-23-10-13-24/h6-7,14,16,23H,1-5,8-13H2. The van der Waals surface area contributed by atoms with Crippen LogP contribution in [0.3, 0.4) is 0 Å². The average molecular weight is 379 g/mol. The van der Waals surface area contributed by atoms with E-state index < -0.39 is 11.6 Å². The average Bonchev–Trinajstić information content (AvgIpc) is 2.71. The zero-order chi connectivity index (χ0) is 19.2. The Labute approximate surface area is 158 Å². The molecule has 1 saturated heterocycles. The second-order valence-corrected chi connectivity index (χ2v) is 7.30. The van der Waals surface area contributed by atoms with Crippen LogP contribution in [0.25, 0.3) is 0 Å². The molecular formula is C20H27F2N3O2. The summed E-state index contributed by atoms with van der Waals surface area (Å²) >= 11 is 0. The van der Waals surface area contributed by atoms with Crippen molar-refractivity contribution in [2.24, 2.45) is 0 Å². The Kier molecular flexibility index (Phi) is 6.77. The fourth-order valence-electron chi connectivity index (χ4n) is 3.93. The molecule has 1 aromatic rings. The number of nitrogens with zero attached hydrogens (tertiary/aromatic N) is 2. The molecule has 0 spiro atoms. The Balaban J connectivity index is 1.70. The van der Waals surface area contributed by atoms with Gasteiger partial charge in [-0.3, -0.25) is 9.59 Å². The lowest BCUT2D eigenvalue weighted by Crippen LogP contribution is -2.48. The predicted octanol–water partition coefficient (Wildman–Crippen LogP) is 2.56. The lowest BCUT2D eigenvalue weighted by Gasteiger charge is -2.35. The first-order chi connectivity index (χ1) is 13.1. The second kappa shape index (κ2) is 9.26. The lowest BCUT2D eigenvalue weighted by molar-refractivity contribution is -0.132. The van der Waals surface area contributed by atoms with Crippen molar-refractivity contribution in [1.82, 2.24) is 15.1 Å². The van der Waals surface area contributed by atoms with Gasteiger partial charge in [-0.05, 0) is 31.0 Å². The van der Waals surface area contributed by atoms with Crippen LogP contribution in [-0.4, -0.2) is 60.4 Å². The van der Waals surface area contributed by atoms with Gasteiger partial charge in [-0.25, -0.2) is 8.78 Å². The van der Waals surface area contributed by atoms with E-state index in [0.717, 1.165) is 57.3 Å². The summed E-state index contributed by atoms with van der Waals surface area (Å²) in [6, 6.07) is 3.29. The Morgan fingerprint density at radius 1 is 1.07 bits per heavy atom. The van der Waals surface area contributed by atoms with Crippen LogP contribution in [-0.2, 0) is 4.79 Å². The van der Waals surface area contributed by atoms with E-state index in [0.29, 0.717) is 19.6 Å². The molecule has 27 heavy (non-hydrogen) atoms. The largest absolute Gasteiger partial charge is 0.340 e. The zero-order valence-corrected chi connectivity index (χ0v) is 15.6. The predicted molar refractivity (Wildman–Crippen MR) is 98.3 cm³/mol. The molecule has 5 nitrogen and oxygen atoms in total. The SMILES string of the molecule is O=C(CCN(C(=O)c1ccc(F)c(F)c1)C1CCCCC1)N1CCNCC1. The number of halogens is 2. The highest BCUT2D eigenvalue weighted by atomic mass is 19.2. The molecule has 1 aliphatic heterocycles. The molecule has 1 aromatic carbocycles. The van der Waals surface area contributed by atoms with Crippen molar-refractivity contribution in [2.75, 3.05) is 32.7 Å². The lowest BCUT2D eigenvalue weighted by atomic mass is 9.93. The Morgan fingerprint density at radius 3 is 2.44 bits per heavy atom. The molecule has 0 radical (unpaired) electrons. The molecule has 2 fully saturated rings. The number of hydrogen-bond donors (Lipinski definition) is 1. The van der Waals surface area contributed by atoms with Gasteiger partial charge in [0, 0.05) is 50.7 Å². The van der Waals surface area contributed by atoms with Crippen molar-refractivity contribution in [1.29, 1.82) is 0 Å². The third-order valence-electron chi connectivity index (χ3n) is 5.48. The molecule has 1 heterocycles. The van der Waals surface area contributed by atoms with Crippen LogP contribution in [0.15, 0.2) is 18.2 Å². The van der Waals surface area contributed by atoms with Crippen molar-refractivity contribution in [3.05, 3.63) is 35.4 Å². The van der Waals surface area contributed by atoms with Crippen molar-refractivity contribution >= 4 is 11.8 Å². The molecule has 0 atom stereocenters. The molecule has 1 N–H and O–H groups in total. The summed E-state index contributed by atoms with van der Waals surface area (Å²) in [5.74, 6) is -2.28. The van der Waals surface area contributed by atoms with Gasteiger partial charge in [0.1, 0.15) is 0 Å². The van der Waals surface area contributed by atoms with Gasteiger partial charge in [0.15, 0.2) is 11.6 Å². The molecule has 3 rings (SSSR count). The van der Waals surface area contributed by atoms with Crippen LogP contribution in [0.5, 0.6) is 0 Å². The summed E-state index contributed by atoms with van der Waals surface area (Å²) in [4.78, 5) is 29.0. The van der Waals surface area contributed by atoms with Crippen molar-refractivity contribution < 1.29 is 18.4 Å². The Bertz CT molecular complexity index is 671. The summed E-state index contributed by atoms with van der Waals surface area (Å²) in [5, 5.41) is 3.21. The monoisotopic (exact) mass is 379 g/mol. The maximum absolute atomic E-state index is 13.6. The van der Waals surface area contributed by atoms with Crippen molar-refractivity contribution in [3.63, 3.8) is 0 Å². The third-order valence-corrected chi connectivity index (χ3v) is 5.48. The number of benzene rings is 1. The van der Waals surface area contributed by atoms with Gasteiger partial charge >= 0.3 is 0 Å². The van der Waals surface area contributed by atoms with Gasteiger partial charge in [0.25, 0.3) is 5.91 Å². The minimum absolute atomic E-state index is 0.0374. The summed E-state index contributed by atoms with van der Waals surface area (Å²) in [6.07, 6.45) is 5.25. The molecule has 1 aliphatic carbocycles. The van der Waals surface area contributed by atoms with Gasteiger partial charge in [-0.2, -0.15) is 0 Å². The topological polar surface area (TPSA) is 52.7 Å². The Hall–Kier alpha value is -2.02. The zero-order valence-electron chi connectivity index (χ0n) is 15.6. The van der Waals surface area contributed by atoms with E-state index in [2.05, 4.69) is 5.32 Å². The number of carbonyl (C=O) groups excluding carboxylic acids is 2. The molecular weight excluding hydrogens is 352 g/mol. The molecule has 0 unspecified atom stereocenters. The number of amides is 2. The van der Waals surface area contributed by atoms with E-state index in [4.69, 9.17) is 0 Å². The summed E-state index contributed by atoms with van der Waals surface area (Å²) in [7, 11) is 0. The maximum Gasteiger partial charge on any atom is 0.254 e. The van der Waals surface area contributed by atoms with Crippen LogP contribution < -0.4 is 5.32 Å². The van der Waals surface area contributed by atoms with Gasteiger partial charge < -0.3 is 15.1 Å². The first-order valence-electron chi connectivity index (χ1n) is 9.81. The molecule has 2 aliphatic rings. The minimum atomic E-state index is -1.03. The quantitative estimate of drug-likeness (QED) is 0.856. The second-order valence-electron chi connectivity index (χ2n) is 7.30. The number of nitrogens with one attached hydrogen (secondary N) is 1. The van der Waals surface area contributed by atoms with E-state index in [-0.39, 0.29) is 29.8 Å². The van der Waals surface area contributed by atoms with Gasteiger partial charge in [-0.15, -0.1) is 0 Å². The fraction of sp³-hybridized carbons (Fsp3) is 0.600. The van der Waals surface area contributed by atoms with E-state index in [1.165, 1.54) is 6.07 Å². The van der Waals surface area contributed by atoms with Crippen molar-refractivity contribution in [3.8, 4) is 0 Å². The third kappa shape index (κ3) is 5.03. The highest BCUT2D eigenvalue weighted by Crippen LogP contribution is 2.25. The first-order valence-corrected chi connectivity index (χ1v) is 9.81. The number of piperazine rings is 1. The smallest absolute Gasteiger partial charge is 0.254 e. The molecule has 7 heteroatoms. The summed E-state index contributed by atoms with van der Waals surface area (Å²) < 4.78 is 26.8. The minimum Gasteiger partial charge on any atom is -0.340 e. The van der Waals surface area contributed by atoms with E-state index in [1.54, 1.807) is 4.90 Å². The van der Waals surface area contributed by atoms with Crippen molar-refractivity contribution in [2.45, 2.75) is 44.6 Å². The normalized spacial score (nSPS) is 18.4. The van der Waals surface area contributed by atoms with E-state index in [1.807, 2.05) is 4.90 Å². The number of carbonyl (C=O) groups is 2. The molecule has 0 aromatic heterocycles. The fourth-order valence-corrected chi connectivity index (χ4v) is 3.93. The summed E-state index contributed by atoms with van der Waals surface area (Å²) in [5.41, 5.74) is 0.133. The van der Waals surface area contributed by atoms with Gasteiger partial charge in [0.05, 0.1) is 0 Å². The van der Waals surface area contributed by atoms with Crippen LogP contribution in [0.4, 0.5) is 8.78 Å². The number of rotatable bonds is 5. The van der Waals surface area contributed by atoms with E-state index >= 15 is 0 Å². The highest BCUT2D eigenvalue weighted by molar-refractivity contribution is 5.94. The maximum atomic E-state index is 13.6. The summed E-state index contributed by atoms with van der Waals surface area (Å²) in [6.45, 7) is 3.24. The van der Waals surface area contributed by atoms with E-state index in [9.17, 15) is 18.4 Å². The van der Waals surface area contributed by atoms with Crippen LogP contribution in [0.1, 0.15) is 48.9 Å². The van der Waals surface area contributed by atoms with Crippen LogP contribution >= 0.6 is 0 Å². The molecule has 1 saturated carbocycles. The molecule has 148 valence electrons. The van der Waals surface area contributed by atoms with Crippen LogP contribution in [0.2, 0.25) is 0 Å². The highest BCUT2D eigenvalue weighted by Gasteiger charge is 2.28. The first kappa shape index (κ1) is 19.7. The Morgan fingerprint density at radius 2 is 1.78 bits per heavy atom. The molecule has 0 bridgehead atoms. The van der Waals surface area contributed by atoms with Crippen LogP contribution in [0, 0.1) is 11.6 Å². The molecule has 2 amide bonds. The number of hydrogen-bond acceptors (Lipinski definition) is 3.